The summed E-state index contributed by atoms with van der Waals surface area (Å²) in [5.41, 5.74) is -3.26. The lowest BCUT2D eigenvalue weighted by Gasteiger charge is -2.61. The summed E-state index contributed by atoms with van der Waals surface area (Å²) in [5.74, 6) is -1.07. The molecule has 3 atom stereocenters. The molecule has 2 fully saturated rings. The van der Waals surface area contributed by atoms with Crippen molar-refractivity contribution >= 4 is 11.7 Å². The second kappa shape index (κ2) is 8.00. The van der Waals surface area contributed by atoms with Gasteiger partial charge in [-0.3, -0.25) is 0 Å². The molecule has 10 nitrogen and oxygen atoms in total. The van der Waals surface area contributed by atoms with Gasteiger partial charge >= 0.3 is 12.2 Å². The highest BCUT2D eigenvalue weighted by atomic mass is 19.4. The molecule has 5 rings (SSSR count). The van der Waals surface area contributed by atoms with E-state index >= 15 is 0 Å². The van der Waals surface area contributed by atoms with Crippen LogP contribution in [0.1, 0.15) is 49.4 Å². The molecular formula is C22H20F4N8O2. The van der Waals surface area contributed by atoms with Crippen molar-refractivity contribution in [1.82, 2.24) is 29.9 Å². The van der Waals surface area contributed by atoms with Gasteiger partial charge in [0.2, 0.25) is 17.6 Å². The van der Waals surface area contributed by atoms with E-state index in [1.807, 2.05) is 6.92 Å². The van der Waals surface area contributed by atoms with Crippen molar-refractivity contribution in [3.63, 3.8) is 0 Å². The number of carbonyl (C=O) groups is 1. The highest BCUT2D eigenvalue weighted by Crippen LogP contribution is 2.55. The van der Waals surface area contributed by atoms with Crippen LogP contribution in [0.5, 0.6) is 0 Å². The largest absolute Gasteiger partial charge is 0.423 e. The second-order valence-electron chi connectivity index (χ2n) is 9.23. The van der Waals surface area contributed by atoms with E-state index in [-0.39, 0.29) is 29.7 Å². The van der Waals surface area contributed by atoms with Crippen molar-refractivity contribution in [2.24, 2.45) is 13.0 Å². The smallest absolute Gasteiger partial charge is 0.417 e. The molecule has 0 radical (unpaired) electrons. The first-order valence-electron chi connectivity index (χ1n) is 11.1. The number of nitrogens with one attached hydrogen (secondary N) is 1. The van der Waals surface area contributed by atoms with Crippen molar-refractivity contribution in [3.8, 4) is 17.5 Å². The standard InChI is InChI=1S/C22H20F4N8O2/c1-10-4-12-8-21(7-10,19-31-30-11(2)36-19)34(12)20(35)28-16-5-13(14(6-15(16)23)22(24,25)26)18-29-17(9-27)33(3)32-18/h5-6,10,12H,4,7-8H2,1-3H3,(H,28,35)/t10-,12-,21?/m1/s1. The Morgan fingerprint density at radius 2 is 2.06 bits per heavy atom. The van der Waals surface area contributed by atoms with Gasteiger partial charge in [-0.2, -0.15) is 28.5 Å². The molecule has 1 aromatic carbocycles. The number of aromatic nitrogens is 5. The fraction of sp³-hybridized carbons (Fsp3) is 0.455. The van der Waals surface area contributed by atoms with Gasteiger partial charge in [-0.15, -0.1) is 10.2 Å². The van der Waals surface area contributed by atoms with Gasteiger partial charge in [0, 0.05) is 32.0 Å². The Labute approximate surface area is 201 Å². The van der Waals surface area contributed by atoms with Crippen molar-refractivity contribution in [2.75, 3.05) is 5.32 Å². The van der Waals surface area contributed by atoms with E-state index in [4.69, 9.17) is 9.68 Å². The van der Waals surface area contributed by atoms with Gasteiger partial charge < -0.3 is 14.6 Å². The number of rotatable bonds is 3. The lowest BCUT2D eigenvalue weighted by Crippen LogP contribution is -2.70. The molecule has 2 aromatic heterocycles. The molecule has 3 aromatic rings. The summed E-state index contributed by atoms with van der Waals surface area (Å²) in [6, 6.07) is 1.95. The number of benzene rings is 1. The predicted octanol–water partition coefficient (Wildman–Crippen LogP) is 4.13. The fourth-order valence-electron chi connectivity index (χ4n) is 5.29. The van der Waals surface area contributed by atoms with Crippen molar-refractivity contribution in [1.29, 1.82) is 5.26 Å². The lowest BCUT2D eigenvalue weighted by atomic mass is 9.64. The molecule has 0 spiro atoms. The Morgan fingerprint density at radius 3 is 2.67 bits per heavy atom. The number of urea groups is 1. The van der Waals surface area contributed by atoms with E-state index in [1.54, 1.807) is 13.0 Å². The molecule has 1 aliphatic heterocycles. The molecular weight excluding hydrogens is 484 g/mol. The van der Waals surface area contributed by atoms with Gasteiger partial charge in [0.25, 0.3) is 0 Å². The highest BCUT2D eigenvalue weighted by molar-refractivity contribution is 5.92. The SMILES string of the molecule is Cc1nnc(C23C[C@H](C)C[C@H](C2)N3C(=O)Nc2cc(-c3nc(C#N)n(C)n3)c(C(F)(F)F)cc2F)o1. The van der Waals surface area contributed by atoms with E-state index in [1.165, 1.54) is 11.9 Å². The maximum atomic E-state index is 14.9. The van der Waals surface area contributed by atoms with Crippen LogP contribution >= 0.6 is 0 Å². The number of hydrogen-bond donors (Lipinski definition) is 1. The van der Waals surface area contributed by atoms with Crippen LogP contribution in [0, 0.1) is 30.0 Å². The monoisotopic (exact) mass is 504 g/mol. The minimum atomic E-state index is -4.94. The summed E-state index contributed by atoms with van der Waals surface area (Å²) < 4.78 is 62.6. The molecule has 2 aliphatic rings. The molecule has 14 heteroatoms. The third kappa shape index (κ3) is 3.66. The van der Waals surface area contributed by atoms with Gasteiger partial charge in [0.15, 0.2) is 5.82 Å². The number of amides is 2. The number of nitrogens with zero attached hydrogens (tertiary/aromatic N) is 7. The molecule has 1 aliphatic carbocycles. The fourth-order valence-corrected chi connectivity index (χ4v) is 5.29. The molecule has 2 bridgehead atoms. The van der Waals surface area contributed by atoms with Crippen LogP contribution < -0.4 is 5.32 Å². The normalized spacial score (nSPS) is 23.2. The predicted molar refractivity (Wildman–Crippen MR) is 114 cm³/mol. The van der Waals surface area contributed by atoms with Crippen LogP contribution in [0.2, 0.25) is 0 Å². The van der Waals surface area contributed by atoms with Crippen LogP contribution in [0.15, 0.2) is 16.5 Å². The lowest BCUT2D eigenvalue weighted by molar-refractivity contribution is -0.137. The summed E-state index contributed by atoms with van der Waals surface area (Å²) >= 11 is 0. The van der Waals surface area contributed by atoms with E-state index < -0.39 is 46.2 Å². The zero-order valence-corrected chi connectivity index (χ0v) is 19.4. The molecule has 3 heterocycles. The first-order valence-corrected chi connectivity index (χ1v) is 11.1. The van der Waals surface area contributed by atoms with Crippen LogP contribution in [0.4, 0.5) is 28.0 Å². The molecule has 188 valence electrons. The molecule has 1 saturated heterocycles. The van der Waals surface area contributed by atoms with Crippen LogP contribution in [-0.4, -0.2) is 41.9 Å². The number of anilines is 1. The quantitative estimate of drug-likeness (QED) is 0.532. The maximum Gasteiger partial charge on any atom is 0.417 e. The van der Waals surface area contributed by atoms with Gasteiger partial charge in [-0.25, -0.2) is 13.9 Å². The van der Waals surface area contributed by atoms with E-state index in [0.29, 0.717) is 25.2 Å². The van der Waals surface area contributed by atoms with Gasteiger partial charge in [0.05, 0.1) is 11.3 Å². The zero-order valence-electron chi connectivity index (χ0n) is 19.4. The third-order valence-corrected chi connectivity index (χ3v) is 6.66. The minimum absolute atomic E-state index is 0.173. The third-order valence-electron chi connectivity index (χ3n) is 6.66. The number of fused-ring (bicyclic) bond motifs is 2. The van der Waals surface area contributed by atoms with Gasteiger partial charge in [-0.1, -0.05) is 6.92 Å². The number of likely N-dealkylation sites (tertiary alicyclic amines) is 1. The summed E-state index contributed by atoms with van der Waals surface area (Å²) in [7, 11) is 1.34. The van der Waals surface area contributed by atoms with Crippen LogP contribution in [-0.2, 0) is 18.8 Å². The van der Waals surface area contributed by atoms with Gasteiger partial charge in [0.1, 0.15) is 17.4 Å². The van der Waals surface area contributed by atoms with Crippen LogP contribution in [0.25, 0.3) is 11.4 Å². The Kier molecular flexibility index (Phi) is 5.27. The minimum Gasteiger partial charge on any atom is -0.423 e. The first-order chi connectivity index (χ1) is 16.9. The number of hydrogen-bond acceptors (Lipinski definition) is 7. The Hall–Kier alpha value is -4.02. The number of piperidine rings is 1. The zero-order chi connectivity index (χ0) is 26.0. The summed E-state index contributed by atoms with van der Waals surface area (Å²) in [4.78, 5) is 18.7. The summed E-state index contributed by atoms with van der Waals surface area (Å²) in [6.07, 6.45) is -3.09. The molecule has 1 unspecified atom stereocenters. The first kappa shape index (κ1) is 23.7. The number of nitriles is 1. The van der Waals surface area contributed by atoms with Crippen molar-refractivity contribution in [3.05, 3.63) is 41.1 Å². The number of carbonyl (C=O) groups excluding carboxylic acids is 1. The molecule has 1 saturated carbocycles. The Balaban J connectivity index is 1.52. The average molecular weight is 504 g/mol. The number of alkyl halides is 3. The van der Waals surface area contributed by atoms with Crippen molar-refractivity contribution < 1.29 is 26.8 Å². The highest BCUT2D eigenvalue weighted by Gasteiger charge is 2.62. The summed E-state index contributed by atoms with van der Waals surface area (Å²) in [6.45, 7) is 3.67. The molecule has 2 amide bonds. The van der Waals surface area contributed by atoms with E-state index in [9.17, 15) is 22.4 Å². The molecule has 36 heavy (non-hydrogen) atoms. The number of aryl methyl sites for hydroxylation is 2. The summed E-state index contributed by atoms with van der Waals surface area (Å²) in [5, 5.41) is 23.3. The van der Waals surface area contributed by atoms with Gasteiger partial charge in [-0.05, 0) is 30.9 Å². The van der Waals surface area contributed by atoms with Crippen molar-refractivity contribution in [2.45, 2.75) is 50.9 Å². The second-order valence-corrected chi connectivity index (χ2v) is 9.23. The Morgan fingerprint density at radius 1 is 1.31 bits per heavy atom. The van der Waals surface area contributed by atoms with E-state index in [2.05, 4.69) is 25.6 Å². The average Bonchev–Trinajstić information content (AvgIpc) is 3.39. The molecule has 1 N–H and O–H groups in total. The maximum absolute atomic E-state index is 14.9. The van der Waals surface area contributed by atoms with E-state index in [0.717, 1.165) is 10.7 Å². The number of halogens is 4. The Bertz CT molecular complexity index is 1410. The van der Waals surface area contributed by atoms with Crippen LogP contribution in [0.3, 0.4) is 0 Å². The topological polar surface area (TPSA) is 126 Å².